The van der Waals surface area contributed by atoms with Crippen molar-refractivity contribution in [3.05, 3.63) is 47.0 Å². The first-order valence-corrected chi connectivity index (χ1v) is 6.58. The molecule has 1 aromatic carbocycles. The fourth-order valence-corrected chi connectivity index (χ4v) is 2.25. The largest absolute Gasteiger partial charge is 0.317 e. The van der Waals surface area contributed by atoms with Gasteiger partial charge in [0.05, 0.1) is 0 Å². The molecule has 16 heavy (non-hydrogen) atoms. The lowest BCUT2D eigenvalue weighted by Gasteiger charge is -2.15. The number of hydrogen-bond acceptors (Lipinski definition) is 1. The summed E-state index contributed by atoms with van der Waals surface area (Å²) in [6.45, 7) is 3.75. The average molecular weight is 282 g/mol. The summed E-state index contributed by atoms with van der Waals surface area (Å²) in [5, 5.41) is 3.38. The van der Waals surface area contributed by atoms with Crippen LogP contribution in [0, 0.1) is 0 Å². The number of halogens is 1. The molecule has 0 spiro atoms. The minimum Gasteiger partial charge on any atom is -0.317 e. The van der Waals surface area contributed by atoms with E-state index in [2.05, 4.69) is 52.1 Å². The van der Waals surface area contributed by atoms with Gasteiger partial charge < -0.3 is 5.32 Å². The lowest BCUT2D eigenvalue weighted by atomic mass is 10.0. The summed E-state index contributed by atoms with van der Waals surface area (Å²) in [4.78, 5) is 0. The highest BCUT2D eigenvalue weighted by atomic mass is 79.9. The smallest absolute Gasteiger partial charge is 0.0178 e. The molecule has 0 saturated carbocycles. The fourth-order valence-electron chi connectivity index (χ4n) is 1.81. The second-order valence-corrected chi connectivity index (χ2v) is 4.95. The van der Waals surface area contributed by atoms with E-state index in [1.54, 1.807) is 0 Å². The Labute approximate surface area is 107 Å². The van der Waals surface area contributed by atoms with Crippen LogP contribution in [-0.2, 0) is 6.42 Å². The minimum atomic E-state index is 0.564. The number of rotatable bonds is 7. The molecule has 2 heteroatoms. The van der Waals surface area contributed by atoms with E-state index in [0.29, 0.717) is 6.04 Å². The monoisotopic (exact) mass is 281 g/mol. The molecule has 0 aliphatic heterocycles. The lowest BCUT2D eigenvalue weighted by Crippen LogP contribution is -2.27. The highest BCUT2D eigenvalue weighted by Crippen LogP contribution is 2.14. The van der Waals surface area contributed by atoms with E-state index >= 15 is 0 Å². The quantitative estimate of drug-likeness (QED) is 0.590. The lowest BCUT2D eigenvalue weighted by molar-refractivity contribution is 0.504. The number of nitrogens with one attached hydrogen (secondary N) is 1. The van der Waals surface area contributed by atoms with Crippen LogP contribution in [-0.4, -0.2) is 13.1 Å². The number of unbranched alkanes of at least 4 members (excludes halogenated alkanes) is 1. The van der Waals surface area contributed by atoms with Gasteiger partial charge in [-0.15, -0.1) is 6.58 Å². The zero-order valence-electron chi connectivity index (χ0n) is 9.88. The summed E-state index contributed by atoms with van der Waals surface area (Å²) in [6.07, 6.45) is 6.60. The Balaban J connectivity index is 2.46. The topological polar surface area (TPSA) is 12.0 Å². The molecule has 1 atom stereocenters. The van der Waals surface area contributed by atoms with Crippen LogP contribution < -0.4 is 5.32 Å². The first kappa shape index (κ1) is 13.5. The van der Waals surface area contributed by atoms with Crippen LogP contribution >= 0.6 is 15.9 Å². The third-order valence-electron chi connectivity index (χ3n) is 2.74. The van der Waals surface area contributed by atoms with E-state index < -0.39 is 0 Å². The first-order valence-electron chi connectivity index (χ1n) is 5.79. The zero-order valence-corrected chi connectivity index (χ0v) is 11.5. The van der Waals surface area contributed by atoms with Gasteiger partial charge >= 0.3 is 0 Å². The Morgan fingerprint density at radius 1 is 1.50 bits per heavy atom. The van der Waals surface area contributed by atoms with Crippen LogP contribution in [0.4, 0.5) is 0 Å². The molecule has 0 heterocycles. The van der Waals surface area contributed by atoms with E-state index in [1.807, 2.05) is 13.1 Å². The molecule has 1 unspecified atom stereocenters. The van der Waals surface area contributed by atoms with Crippen LogP contribution in [0.5, 0.6) is 0 Å². The first-order chi connectivity index (χ1) is 7.76. The van der Waals surface area contributed by atoms with Crippen molar-refractivity contribution in [1.29, 1.82) is 0 Å². The summed E-state index contributed by atoms with van der Waals surface area (Å²) in [6, 6.07) is 9.10. The Morgan fingerprint density at radius 2 is 2.31 bits per heavy atom. The van der Waals surface area contributed by atoms with Gasteiger partial charge in [-0.3, -0.25) is 0 Å². The van der Waals surface area contributed by atoms with Gasteiger partial charge in [-0.2, -0.15) is 0 Å². The summed E-state index contributed by atoms with van der Waals surface area (Å²) in [7, 11) is 2.04. The molecule has 0 aliphatic rings. The van der Waals surface area contributed by atoms with Crippen LogP contribution in [0.25, 0.3) is 0 Å². The van der Waals surface area contributed by atoms with E-state index in [0.717, 1.165) is 17.3 Å². The second kappa shape index (κ2) is 7.64. The fraction of sp³-hybridized carbons (Fsp3) is 0.429. The zero-order chi connectivity index (χ0) is 11.8. The Hall–Kier alpha value is -0.600. The molecule has 0 bridgehead atoms. The number of benzene rings is 1. The number of allylic oxidation sites excluding steroid dienone is 1. The van der Waals surface area contributed by atoms with Crippen molar-refractivity contribution >= 4 is 15.9 Å². The van der Waals surface area contributed by atoms with Crippen molar-refractivity contribution in [3.8, 4) is 0 Å². The average Bonchev–Trinajstić information content (AvgIpc) is 2.28. The predicted molar refractivity (Wildman–Crippen MR) is 74.7 cm³/mol. The normalized spacial score (nSPS) is 12.4. The molecule has 1 nitrogen and oxygen atoms in total. The van der Waals surface area contributed by atoms with E-state index in [1.165, 1.54) is 18.4 Å². The third kappa shape index (κ3) is 4.95. The van der Waals surface area contributed by atoms with Gasteiger partial charge in [0.25, 0.3) is 0 Å². The van der Waals surface area contributed by atoms with E-state index in [-0.39, 0.29) is 0 Å². The molecular formula is C14H20BrN. The molecule has 0 fully saturated rings. The van der Waals surface area contributed by atoms with Gasteiger partial charge in [0.15, 0.2) is 0 Å². The third-order valence-corrected chi connectivity index (χ3v) is 3.23. The van der Waals surface area contributed by atoms with Crippen molar-refractivity contribution in [2.24, 2.45) is 0 Å². The summed E-state index contributed by atoms with van der Waals surface area (Å²) in [5.74, 6) is 0. The van der Waals surface area contributed by atoms with Gasteiger partial charge in [-0.05, 0) is 50.4 Å². The molecule has 0 amide bonds. The van der Waals surface area contributed by atoms with Crippen LogP contribution in [0.15, 0.2) is 41.4 Å². The van der Waals surface area contributed by atoms with Crippen LogP contribution in [0.1, 0.15) is 24.8 Å². The van der Waals surface area contributed by atoms with Crippen molar-refractivity contribution in [2.75, 3.05) is 7.05 Å². The number of likely N-dealkylation sites (N-methyl/N-ethyl adjacent to an activating group) is 1. The molecule has 1 rings (SSSR count). The van der Waals surface area contributed by atoms with Crippen molar-refractivity contribution in [2.45, 2.75) is 31.7 Å². The molecule has 1 aromatic rings. The minimum absolute atomic E-state index is 0.564. The van der Waals surface area contributed by atoms with Gasteiger partial charge in [0.2, 0.25) is 0 Å². The maximum absolute atomic E-state index is 3.75. The number of hydrogen-bond donors (Lipinski definition) is 1. The Morgan fingerprint density at radius 3 is 2.94 bits per heavy atom. The van der Waals surface area contributed by atoms with Gasteiger partial charge in [0, 0.05) is 10.5 Å². The van der Waals surface area contributed by atoms with Crippen molar-refractivity contribution in [3.63, 3.8) is 0 Å². The maximum Gasteiger partial charge on any atom is 0.0178 e. The molecule has 0 aromatic heterocycles. The molecule has 0 aliphatic carbocycles. The molecule has 1 N–H and O–H groups in total. The van der Waals surface area contributed by atoms with Gasteiger partial charge in [-0.1, -0.05) is 34.1 Å². The van der Waals surface area contributed by atoms with E-state index in [4.69, 9.17) is 0 Å². The van der Waals surface area contributed by atoms with E-state index in [9.17, 15) is 0 Å². The standard InChI is InChI=1S/C14H20BrN/c1-3-4-5-9-14(16-2)11-12-7-6-8-13(15)10-12/h3,6-8,10,14,16H,1,4-5,9,11H2,2H3. The SMILES string of the molecule is C=CCCCC(Cc1cccc(Br)c1)NC. The molecule has 0 saturated heterocycles. The maximum atomic E-state index is 3.75. The molecule has 0 radical (unpaired) electrons. The predicted octanol–water partition coefficient (Wildman–Crippen LogP) is 3.94. The second-order valence-electron chi connectivity index (χ2n) is 4.04. The summed E-state index contributed by atoms with van der Waals surface area (Å²) < 4.78 is 1.16. The van der Waals surface area contributed by atoms with Crippen LogP contribution in [0.3, 0.4) is 0 Å². The highest BCUT2D eigenvalue weighted by Gasteiger charge is 2.06. The van der Waals surface area contributed by atoms with Crippen LogP contribution in [0.2, 0.25) is 0 Å². The van der Waals surface area contributed by atoms with Crippen molar-refractivity contribution in [1.82, 2.24) is 5.32 Å². The van der Waals surface area contributed by atoms with Gasteiger partial charge in [-0.25, -0.2) is 0 Å². The molecule has 88 valence electrons. The molecular weight excluding hydrogens is 262 g/mol. The summed E-state index contributed by atoms with van der Waals surface area (Å²) >= 11 is 3.50. The Kier molecular flexibility index (Phi) is 6.43. The van der Waals surface area contributed by atoms with Gasteiger partial charge in [0.1, 0.15) is 0 Å². The summed E-state index contributed by atoms with van der Waals surface area (Å²) in [5.41, 5.74) is 1.38. The van der Waals surface area contributed by atoms with Crippen molar-refractivity contribution < 1.29 is 0 Å². The Bertz CT molecular complexity index is 322. The highest BCUT2D eigenvalue weighted by molar-refractivity contribution is 9.10.